The molecule has 0 atom stereocenters. The van der Waals surface area contributed by atoms with Gasteiger partial charge in [0.1, 0.15) is 5.52 Å². The summed E-state index contributed by atoms with van der Waals surface area (Å²) in [5, 5.41) is 2.24. The predicted octanol–water partition coefficient (Wildman–Crippen LogP) is 4.93. The van der Waals surface area contributed by atoms with E-state index in [0.29, 0.717) is 17.2 Å². The number of amides is 1. The third kappa shape index (κ3) is 3.84. The maximum Gasteiger partial charge on any atom is 0.255 e. The molecule has 0 saturated heterocycles. The maximum absolute atomic E-state index is 12.7. The van der Waals surface area contributed by atoms with Crippen molar-refractivity contribution in [1.82, 2.24) is 4.98 Å². The zero-order valence-electron chi connectivity index (χ0n) is 16.5. The van der Waals surface area contributed by atoms with Gasteiger partial charge in [0.25, 0.3) is 5.91 Å². The lowest BCUT2D eigenvalue weighted by Crippen LogP contribution is -2.16. The van der Waals surface area contributed by atoms with Crippen LogP contribution in [0.3, 0.4) is 0 Å². The highest BCUT2D eigenvalue weighted by molar-refractivity contribution is 7.92. The van der Waals surface area contributed by atoms with Gasteiger partial charge in [-0.1, -0.05) is 24.3 Å². The average molecular weight is 420 g/mol. The minimum absolute atomic E-state index is 0.130. The van der Waals surface area contributed by atoms with E-state index in [1.165, 1.54) is 12.1 Å². The van der Waals surface area contributed by atoms with Crippen molar-refractivity contribution in [1.29, 1.82) is 0 Å². The molecule has 0 aliphatic heterocycles. The molecule has 30 heavy (non-hydrogen) atoms. The highest BCUT2D eigenvalue weighted by Crippen LogP contribution is 2.26. The van der Waals surface area contributed by atoms with E-state index in [0.717, 1.165) is 11.1 Å². The fourth-order valence-electron chi connectivity index (χ4n) is 3.02. The smallest absolute Gasteiger partial charge is 0.255 e. The lowest BCUT2D eigenvalue weighted by Gasteiger charge is -2.10. The van der Waals surface area contributed by atoms with Crippen LogP contribution in [0.4, 0.5) is 5.69 Å². The summed E-state index contributed by atoms with van der Waals surface area (Å²) in [6, 6.07) is 20.7. The van der Waals surface area contributed by atoms with Crippen molar-refractivity contribution in [3.8, 4) is 11.5 Å². The van der Waals surface area contributed by atoms with Gasteiger partial charge in [0.2, 0.25) is 5.89 Å². The number of hydrogen-bond donors (Lipinski definition) is 1. The Labute approximate surface area is 174 Å². The van der Waals surface area contributed by atoms with Crippen LogP contribution < -0.4 is 5.32 Å². The number of nitrogens with zero attached hydrogens (tertiary/aromatic N) is 1. The molecule has 0 fully saturated rings. The van der Waals surface area contributed by atoms with Gasteiger partial charge in [0.15, 0.2) is 15.4 Å². The van der Waals surface area contributed by atoms with Gasteiger partial charge in [-0.25, -0.2) is 13.4 Å². The SMILES string of the molecule is CC(C)S(=O)(=O)c1cccc(C(=O)Nc2cccc(-c3nc4ccccc4o3)c2)c1. The van der Waals surface area contributed by atoms with Crippen molar-refractivity contribution in [2.45, 2.75) is 24.0 Å². The Bertz CT molecular complexity index is 1310. The van der Waals surface area contributed by atoms with Gasteiger partial charge in [0, 0.05) is 16.8 Å². The van der Waals surface area contributed by atoms with Crippen LogP contribution in [0.1, 0.15) is 24.2 Å². The molecule has 0 radical (unpaired) electrons. The van der Waals surface area contributed by atoms with E-state index < -0.39 is 21.0 Å². The number of oxazole rings is 1. The molecule has 152 valence electrons. The van der Waals surface area contributed by atoms with Crippen molar-refractivity contribution in [3.05, 3.63) is 78.4 Å². The normalized spacial score (nSPS) is 11.7. The molecule has 1 amide bonds. The first-order valence-corrected chi connectivity index (χ1v) is 11.0. The molecule has 1 aromatic heterocycles. The Morgan fingerprint density at radius 3 is 2.50 bits per heavy atom. The Balaban J connectivity index is 1.59. The molecule has 0 aliphatic rings. The van der Waals surface area contributed by atoms with Crippen LogP contribution in [0.25, 0.3) is 22.6 Å². The molecule has 0 saturated carbocycles. The second kappa shape index (κ2) is 7.76. The Hall–Kier alpha value is -3.45. The molecule has 0 aliphatic carbocycles. The highest BCUT2D eigenvalue weighted by atomic mass is 32.2. The number of carbonyl (C=O) groups excluding carboxylic acids is 1. The summed E-state index contributed by atoms with van der Waals surface area (Å²) in [5.74, 6) is 0.0582. The number of nitrogens with one attached hydrogen (secondary N) is 1. The van der Waals surface area contributed by atoms with Gasteiger partial charge >= 0.3 is 0 Å². The molecular weight excluding hydrogens is 400 g/mol. The number of fused-ring (bicyclic) bond motifs is 1. The second-order valence-electron chi connectivity index (χ2n) is 7.14. The largest absolute Gasteiger partial charge is 0.436 e. The molecule has 6 nitrogen and oxygen atoms in total. The van der Waals surface area contributed by atoms with E-state index in [2.05, 4.69) is 10.3 Å². The molecule has 0 unspecified atom stereocenters. The first-order chi connectivity index (χ1) is 14.3. The minimum Gasteiger partial charge on any atom is -0.436 e. The summed E-state index contributed by atoms with van der Waals surface area (Å²) in [5.41, 5.74) is 2.98. The molecule has 4 aromatic rings. The fraction of sp³-hybridized carbons (Fsp3) is 0.130. The van der Waals surface area contributed by atoms with E-state index in [1.807, 2.05) is 30.3 Å². The number of para-hydroxylation sites is 2. The summed E-state index contributed by atoms with van der Waals surface area (Å²) in [7, 11) is -3.46. The molecule has 4 rings (SSSR count). The van der Waals surface area contributed by atoms with Gasteiger partial charge in [0.05, 0.1) is 10.1 Å². The zero-order valence-corrected chi connectivity index (χ0v) is 17.3. The van der Waals surface area contributed by atoms with Crippen molar-refractivity contribution in [2.75, 3.05) is 5.32 Å². The minimum atomic E-state index is -3.46. The van der Waals surface area contributed by atoms with Crippen LogP contribution in [-0.4, -0.2) is 24.6 Å². The third-order valence-electron chi connectivity index (χ3n) is 4.71. The fourth-order valence-corrected chi connectivity index (χ4v) is 4.12. The number of sulfone groups is 1. The summed E-state index contributed by atoms with van der Waals surface area (Å²) >= 11 is 0. The zero-order chi connectivity index (χ0) is 21.3. The van der Waals surface area contributed by atoms with Crippen LogP contribution in [0, 0.1) is 0 Å². The number of anilines is 1. The van der Waals surface area contributed by atoms with Crippen LogP contribution in [-0.2, 0) is 9.84 Å². The van der Waals surface area contributed by atoms with E-state index in [4.69, 9.17) is 4.42 Å². The monoisotopic (exact) mass is 420 g/mol. The summed E-state index contributed by atoms with van der Waals surface area (Å²) < 4.78 is 30.6. The van der Waals surface area contributed by atoms with E-state index in [9.17, 15) is 13.2 Å². The van der Waals surface area contributed by atoms with Crippen molar-refractivity contribution >= 4 is 32.5 Å². The van der Waals surface area contributed by atoms with E-state index >= 15 is 0 Å². The number of benzene rings is 3. The third-order valence-corrected chi connectivity index (χ3v) is 6.86. The van der Waals surface area contributed by atoms with Gasteiger partial charge in [-0.2, -0.15) is 0 Å². The standard InChI is InChI=1S/C23H20N2O4S/c1-15(2)30(27,28)19-10-6-7-16(14-19)22(26)24-18-9-5-8-17(13-18)23-25-20-11-3-4-12-21(20)29-23/h3-15H,1-2H3,(H,24,26). The second-order valence-corrected chi connectivity index (χ2v) is 9.65. The molecule has 0 bridgehead atoms. The summed E-state index contributed by atoms with van der Waals surface area (Å²) in [4.78, 5) is 17.3. The number of carbonyl (C=O) groups is 1. The Morgan fingerprint density at radius 2 is 1.73 bits per heavy atom. The first kappa shape index (κ1) is 19.8. The molecule has 3 aromatic carbocycles. The summed E-state index contributed by atoms with van der Waals surface area (Å²) in [6.07, 6.45) is 0. The van der Waals surface area contributed by atoms with Crippen LogP contribution in [0.15, 0.2) is 82.1 Å². The average Bonchev–Trinajstić information content (AvgIpc) is 3.18. The highest BCUT2D eigenvalue weighted by Gasteiger charge is 2.20. The van der Waals surface area contributed by atoms with E-state index in [-0.39, 0.29) is 10.5 Å². The molecule has 0 spiro atoms. The summed E-state index contributed by atoms with van der Waals surface area (Å²) in [6.45, 7) is 3.22. The van der Waals surface area contributed by atoms with Gasteiger partial charge in [-0.3, -0.25) is 4.79 Å². The Kier molecular flexibility index (Phi) is 5.13. The van der Waals surface area contributed by atoms with Crippen molar-refractivity contribution in [2.24, 2.45) is 0 Å². The molecule has 7 heteroatoms. The topological polar surface area (TPSA) is 89.3 Å². The molecular formula is C23H20N2O4S. The lowest BCUT2D eigenvalue weighted by atomic mass is 10.1. The Morgan fingerprint density at radius 1 is 0.967 bits per heavy atom. The molecule has 1 heterocycles. The quantitative estimate of drug-likeness (QED) is 0.494. The van der Waals surface area contributed by atoms with Gasteiger partial charge in [-0.05, 0) is 62.4 Å². The van der Waals surface area contributed by atoms with E-state index in [1.54, 1.807) is 44.2 Å². The molecule has 1 N–H and O–H groups in total. The van der Waals surface area contributed by atoms with Crippen LogP contribution in [0.5, 0.6) is 0 Å². The number of rotatable bonds is 5. The number of hydrogen-bond acceptors (Lipinski definition) is 5. The predicted molar refractivity (Wildman–Crippen MR) is 116 cm³/mol. The van der Waals surface area contributed by atoms with Crippen LogP contribution in [0.2, 0.25) is 0 Å². The maximum atomic E-state index is 12.7. The van der Waals surface area contributed by atoms with Crippen molar-refractivity contribution < 1.29 is 17.6 Å². The van der Waals surface area contributed by atoms with Gasteiger partial charge < -0.3 is 9.73 Å². The lowest BCUT2D eigenvalue weighted by molar-refractivity contribution is 0.102. The number of aromatic nitrogens is 1. The van der Waals surface area contributed by atoms with Crippen LogP contribution >= 0.6 is 0 Å². The van der Waals surface area contributed by atoms with Crippen molar-refractivity contribution in [3.63, 3.8) is 0 Å². The first-order valence-electron chi connectivity index (χ1n) is 9.46. The van der Waals surface area contributed by atoms with Gasteiger partial charge in [-0.15, -0.1) is 0 Å².